The maximum atomic E-state index is 6.09. The molecule has 0 unspecified atom stereocenters. The molecular formula is C16H25N3O3. The van der Waals surface area contributed by atoms with Crippen LogP contribution < -0.4 is 0 Å². The van der Waals surface area contributed by atoms with Gasteiger partial charge in [-0.1, -0.05) is 31.4 Å². The molecule has 0 saturated carbocycles. The van der Waals surface area contributed by atoms with Crippen molar-refractivity contribution in [1.29, 1.82) is 0 Å². The molecule has 6 nitrogen and oxygen atoms in total. The van der Waals surface area contributed by atoms with Gasteiger partial charge in [-0.05, 0) is 26.7 Å². The predicted octanol–water partition coefficient (Wildman–Crippen LogP) is 2.37. The Hall–Kier alpha value is -0.980. The van der Waals surface area contributed by atoms with Crippen LogP contribution in [0.25, 0.3) is 0 Å². The second-order valence-electron chi connectivity index (χ2n) is 7.08. The van der Waals surface area contributed by atoms with E-state index >= 15 is 0 Å². The van der Waals surface area contributed by atoms with Crippen LogP contribution >= 0.6 is 0 Å². The SMILES string of the molecule is CCCCCCc1nnn2c1[C@@H]1[C@H]3OC(C)(C)O[C@H]3O[C@@H]1C2. The molecule has 0 aromatic carbocycles. The zero-order valence-corrected chi connectivity index (χ0v) is 13.6. The quantitative estimate of drug-likeness (QED) is 0.782. The van der Waals surface area contributed by atoms with Gasteiger partial charge < -0.3 is 14.2 Å². The van der Waals surface area contributed by atoms with E-state index in [9.17, 15) is 0 Å². The molecule has 22 heavy (non-hydrogen) atoms. The van der Waals surface area contributed by atoms with Crippen molar-refractivity contribution >= 4 is 0 Å². The Morgan fingerprint density at radius 3 is 2.91 bits per heavy atom. The molecule has 1 aromatic heterocycles. The van der Waals surface area contributed by atoms with Gasteiger partial charge >= 0.3 is 0 Å². The number of aromatic nitrogens is 3. The predicted molar refractivity (Wildman–Crippen MR) is 79.3 cm³/mol. The van der Waals surface area contributed by atoms with Crippen LogP contribution in [0.3, 0.4) is 0 Å². The van der Waals surface area contributed by atoms with Crippen molar-refractivity contribution in [2.45, 2.75) is 89.6 Å². The molecule has 0 aliphatic carbocycles. The Labute approximate surface area is 131 Å². The van der Waals surface area contributed by atoms with Crippen LogP contribution in [0.5, 0.6) is 0 Å². The number of nitrogens with zero attached hydrogens (tertiary/aromatic N) is 3. The number of ether oxygens (including phenoxy) is 3. The monoisotopic (exact) mass is 307 g/mol. The lowest BCUT2D eigenvalue weighted by atomic mass is 9.94. The molecule has 122 valence electrons. The summed E-state index contributed by atoms with van der Waals surface area (Å²) in [5.41, 5.74) is 2.34. The Balaban J connectivity index is 1.52. The maximum Gasteiger partial charge on any atom is 0.188 e. The number of unbranched alkanes of at least 4 members (excludes halogenated alkanes) is 3. The average Bonchev–Trinajstić information content (AvgIpc) is 3.12. The zero-order chi connectivity index (χ0) is 15.3. The molecule has 4 atom stereocenters. The van der Waals surface area contributed by atoms with E-state index in [1.807, 2.05) is 18.5 Å². The minimum Gasteiger partial charge on any atom is -0.344 e. The molecule has 6 heteroatoms. The number of fused-ring (bicyclic) bond motifs is 5. The summed E-state index contributed by atoms with van der Waals surface area (Å²) in [6.07, 6.45) is 5.80. The van der Waals surface area contributed by atoms with Gasteiger partial charge in [0.2, 0.25) is 0 Å². The standard InChI is InChI=1S/C16H25N3O3/c1-4-5-6-7-8-10-13-12-11(9-19(13)18-17-10)20-15-14(12)21-16(2,3)22-15/h11-12,14-15H,4-9H2,1-3H3/t11-,12-,14-,15-/m1/s1. The van der Waals surface area contributed by atoms with E-state index in [0.29, 0.717) is 0 Å². The van der Waals surface area contributed by atoms with Gasteiger partial charge in [-0.3, -0.25) is 0 Å². The molecule has 2 saturated heterocycles. The topological polar surface area (TPSA) is 58.4 Å². The van der Waals surface area contributed by atoms with E-state index < -0.39 is 5.79 Å². The minimum atomic E-state index is -0.567. The van der Waals surface area contributed by atoms with E-state index in [1.165, 1.54) is 31.4 Å². The van der Waals surface area contributed by atoms with E-state index in [-0.39, 0.29) is 24.4 Å². The molecule has 0 spiro atoms. The molecule has 4 rings (SSSR count). The lowest BCUT2D eigenvalue weighted by Gasteiger charge is -2.21. The second kappa shape index (κ2) is 5.28. The molecule has 1 aromatic rings. The highest BCUT2D eigenvalue weighted by atomic mass is 16.8. The van der Waals surface area contributed by atoms with Gasteiger partial charge in [0, 0.05) is 0 Å². The van der Waals surface area contributed by atoms with Gasteiger partial charge in [0.25, 0.3) is 0 Å². The summed E-state index contributed by atoms with van der Waals surface area (Å²) >= 11 is 0. The Kier molecular flexibility index (Phi) is 3.51. The Morgan fingerprint density at radius 2 is 2.09 bits per heavy atom. The van der Waals surface area contributed by atoms with Crippen LogP contribution in [0.2, 0.25) is 0 Å². The number of hydrogen-bond acceptors (Lipinski definition) is 5. The summed E-state index contributed by atoms with van der Waals surface area (Å²) in [4.78, 5) is 0. The highest BCUT2D eigenvalue weighted by Crippen LogP contribution is 2.49. The molecule has 3 aliphatic heterocycles. The minimum absolute atomic E-state index is 0.0332. The van der Waals surface area contributed by atoms with E-state index in [1.54, 1.807) is 0 Å². The van der Waals surface area contributed by atoms with Crippen LogP contribution in [0.4, 0.5) is 0 Å². The van der Waals surface area contributed by atoms with E-state index in [0.717, 1.165) is 18.7 Å². The highest BCUT2D eigenvalue weighted by molar-refractivity contribution is 5.26. The van der Waals surface area contributed by atoms with Crippen LogP contribution in [0.1, 0.15) is 63.8 Å². The Morgan fingerprint density at radius 1 is 1.23 bits per heavy atom. The smallest absolute Gasteiger partial charge is 0.188 e. The molecule has 3 aliphatic rings. The molecule has 0 amide bonds. The number of rotatable bonds is 5. The fourth-order valence-corrected chi connectivity index (χ4v) is 3.99. The lowest BCUT2D eigenvalue weighted by Crippen LogP contribution is -2.27. The van der Waals surface area contributed by atoms with Crippen molar-refractivity contribution < 1.29 is 14.2 Å². The number of aryl methyl sites for hydroxylation is 1. The zero-order valence-electron chi connectivity index (χ0n) is 13.6. The van der Waals surface area contributed by atoms with Crippen molar-refractivity contribution in [3.63, 3.8) is 0 Å². The second-order valence-corrected chi connectivity index (χ2v) is 7.08. The Bertz CT molecular complexity index is 557. The van der Waals surface area contributed by atoms with Crippen molar-refractivity contribution in [2.24, 2.45) is 0 Å². The van der Waals surface area contributed by atoms with Gasteiger partial charge in [0.1, 0.15) is 6.10 Å². The van der Waals surface area contributed by atoms with Crippen LogP contribution in [-0.2, 0) is 27.2 Å². The summed E-state index contributed by atoms with van der Waals surface area (Å²) in [7, 11) is 0. The number of hydrogen-bond donors (Lipinski definition) is 0. The van der Waals surface area contributed by atoms with Gasteiger partial charge in [-0.2, -0.15) is 0 Å². The lowest BCUT2D eigenvalue weighted by molar-refractivity contribution is -0.206. The first-order valence-corrected chi connectivity index (χ1v) is 8.52. The molecule has 0 bridgehead atoms. The first kappa shape index (κ1) is 14.6. The van der Waals surface area contributed by atoms with Gasteiger partial charge in [-0.25, -0.2) is 4.68 Å². The van der Waals surface area contributed by atoms with Crippen molar-refractivity contribution in [3.8, 4) is 0 Å². The normalized spacial score (nSPS) is 34.7. The van der Waals surface area contributed by atoms with Crippen LogP contribution in [0, 0.1) is 0 Å². The third kappa shape index (κ3) is 2.28. The molecule has 4 heterocycles. The highest BCUT2D eigenvalue weighted by Gasteiger charge is 2.58. The summed E-state index contributed by atoms with van der Waals surface area (Å²) in [6, 6.07) is 0. The average molecular weight is 307 g/mol. The fraction of sp³-hybridized carbons (Fsp3) is 0.875. The maximum absolute atomic E-state index is 6.09. The van der Waals surface area contributed by atoms with Gasteiger partial charge in [0.15, 0.2) is 12.1 Å². The van der Waals surface area contributed by atoms with Gasteiger partial charge in [0.05, 0.1) is 30.0 Å². The molecule has 0 radical (unpaired) electrons. The van der Waals surface area contributed by atoms with Crippen molar-refractivity contribution in [3.05, 3.63) is 11.4 Å². The summed E-state index contributed by atoms with van der Waals surface area (Å²) in [6.45, 7) is 6.89. The van der Waals surface area contributed by atoms with E-state index in [2.05, 4.69) is 17.2 Å². The summed E-state index contributed by atoms with van der Waals surface area (Å²) in [5, 5.41) is 8.73. The van der Waals surface area contributed by atoms with Crippen molar-refractivity contribution in [2.75, 3.05) is 0 Å². The third-order valence-corrected chi connectivity index (χ3v) is 4.93. The molecule has 0 N–H and O–H groups in total. The largest absolute Gasteiger partial charge is 0.344 e. The molecular weight excluding hydrogens is 282 g/mol. The molecule has 2 fully saturated rings. The fourth-order valence-electron chi connectivity index (χ4n) is 3.99. The van der Waals surface area contributed by atoms with E-state index in [4.69, 9.17) is 14.2 Å². The van der Waals surface area contributed by atoms with Crippen LogP contribution in [-0.4, -0.2) is 39.3 Å². The summed E-state index contributed by atoms with van der Waals surface area (Å²) < 4.78 is 20.0. The van der Waals surface area contributed by atoms with Crippen molar-refractivity contribution in [1.82, 2.24) is 15.0 Å². The first-order chi connectivity index (χ1) is 10.6. The first-order valence-electron chi connectivity index (χ1n) is 8.52. The third-order valence-electron chi connectivity index (χ3n) is 4.93. The summed E-state index contributed by atoms with van der Waals surface area (Å²) in [5.74, 6) is -0.356. The van der Waals surface area contributed by atoms with Gasteiger partial charge in [-0.15, -0.1) is 5.10 Å². The van der Waals surface area contributed by atoms with Crippen LogP contribution in [0.15, 0.2) is 0 Å².